The summed E-state index contributed by atoms with van der Waals surface area (Å²) < 4.78 is 0. The van der Waals surface area contributed by atoms with Crippen molar-refractivity contribution in [3.63, 3.8) is 0 Å². The third-order valence-corrected chi connectivity index (χ3v) is 4.18. The van der Waals surface area contributed by atoms with Crippen molar-refractivity contribution in [1.82, 2.24) is 25.9 Å². The first-order valence-corrected chi connectivity index (χ1v) is 9.19. The Balaban J connectivity index is 2.91. The van der Waals surface area contributed by atoms with E-state index < -0.39 is 66.4 Å². The van der Waals surface area contributed by atoms with Crippen LogP contribution in [-0.2, 0) is 30.4 Å². The number of H-pyrrole nitrogens is 1. The lowest BCUT2D eigenvalue weighted by Gasteiger charge is -2.23. The Morgan fingerprint density at radius 3 is 2.13 bits per heavy atom. The number of imidazole rings is 1. The smallest absolute Gasteiger partial charge is 0.326 e. The van der Waals surface area contributed by atoms with Crippen molar-refractivity contribution < 1.29 is 39.3 Å². The van der Waals surface area contributed by atoms with Gasteiger partial charge in [0.05, 0.1) is 18.9 Å². The van der Waals surface area contributed by atoms with Crippen LogP contribution in [0.3, 0.4) is 0 Å². The number of carboxylic acids is 2. The molecule has 0 aliphatic carbocycles. The van der Waals surface area contributed by atoms with Crippen LogP contribution < -0.4 is 21.7 Å². The molecule has 3 amide bonds. The van der Waals surface area contributed by atoms with E-state index in [4.69, 9.17) is 15.9 Å². The van der Waals surface area contributed by atoms with E-state index in [1.54, 1.807) is 0 Å². The molecule has 0 radical (unpaired) electrons. The normalized spacial score (nSPS) is 15.6. The number of hydrogen-bond acceptors (Lipinski definition) is 8. The highest BCUT2D eigenvalue weighted by atomic mass is 16.4. The van der Waals surface area contributed by atoms with Crippen LogP contribution >= 0.6 is 0 Å². The fraction of sp³-hybridized carbons (Fsp3) is 0.529. The van der Waals surface area contributed by atoms with Crippen molar-refractivity contribution in [1.29, 1.82) is 0 Å². The summed E-state index contributed by atoms with van der Waals surface area (Å²) in [7, 11) is 0. The van der Waals surface area contributed by atoms with Crippen LogP contribution in [0.25, 0.3) is 0 Å². The van der Waals surface area contributed by atoms with Crippen LogP contribution in [0.2, 0.25) is 0 Å². The van der Waals surface area contributed by atoms with Crippen molar-refractivity contribution >= 4 is 29.7 Å². The highest BCUT2D eigenvalue weighted by Gasteiger charge is 2.30. The van der Waals surface area contributed by atoms with Crippen LogP contribution in [0.15, 0.2) is 12.5 Å². The maximum atomic E-state index is 12.6. The van der Waals surface area contributed by atoms with Gasteiger partial charge in [0, 0.05) is 18.3 Å². The van der Waals surface area contributed by atoms with E-state index in [1.165, 1.54) is 26.4 Å². The van der Waals surface area contributed by atoms with Crippen molar-refractivity contribution in [3.8, 4) is 0 Å². The van der Waals surface area contributed by atoms with Gasteiger partial charge < -0.3 is 42.0 Å². The number of nitrogens with one attached hydrogen (secondary N) is 4. The molecule has 0 fully saturated rings. The van der Waals surface area contributed by atoms with Gasteiger partial charge in [0.15, 0.2) is 0 Å². The molecule has 9 N–H and O–H groups in total. The fourth-order valence-corrected chi connectivity index (χ4v) is 2.36. The molecule has 172 valence electrons. The first-order chi connectivity index (χ1) is 14.4. The van der Waals surface area contributed by atoms with Gasteiger partial charge in [-0.25, -0.2) is 9.78 Å². The number of carbonyl (C=O) groups is 5. The predicted molar refractivity (Wildman–Crippen MR) is 103 cm³/mol. The number of aromatic amines is 1. The van der Waals surface area contributed by atoms with Gasteiger partial charge in [-0.05, 0) is 13.8 Å². The molecule has 14 heteroatoms. The zero-order valence-corrected chi connectivity index (χ0v) is 16.9. The lowest BCUT2D eigenvalue weighted by molar-refractivity contribution is -0.147. The van der Waals surface area contributed by atoms with Crippen molar-refractivity contribution in [2.75, 3.05) is 0 Å². The van der Waals surface area contributed by atoms with E-state index >= 15 is 0 Å². The Bertz CT molecular complexity index is 797. The summed E-state index contributed by atoms with van der Waals surface area (Å²) in [5, 5.41) is 34.0. The molecule has 5 unspecified atom stereocenters. The summed E-state index contributed by atoms with van der Waals surface area (Å²) in [6.45, 7) is 2.62. The summed E-state index contributed by atoms with van der Waals surface area (Å²) in [5.74, 6) is -5.53. The number of aromatic nitrogens is 2. The molecule has 0 spiro atoms. The lowest BCUT2D eigenvalue weighted by atomic mass is 10.1. The van der Waals surface area contributed by atoms with Gasteiger partial charge in [0.1, 0.15) is 24.2 Å². The number of amides is 3. The minimum atomic E-state index is -1.72. The van der Waals surface area contributed by atoms with Crippen molar-refractivity contribution in [2.45, 2.75) is 57.0 Å². The van der Waals surface area contributed by atoms with Crippen LogP contribution in [0.4, 0.5) is 0 Å². The molecular formula is C17H26N6O8. The number of hydrogen-bond donors (Lipinski definition) is 8. The Labute approximate surface area is 176 Å². The molecule has 0 bridgehead atoms. The Morgan fingerprint density at radius 2 is 1.65 bits per heavy atom. The monoisotopic (exact) mass is 442 g/mol. The largest absolute Gasteiger partial charge is 0.481 e. The third-order valence-electron chi connectivity index (χ3n) is 4.18. The lowest BCUT2D eigenvalue weighted by Crippen LogP contribution is -2.58. The average molecular weight is 442 g/mol. The maximum absolute atomic E-state index is 12.6. The van der Waals surface area contributed by atoms with Gasteiger partial charge in [0.25, 0.3) is 0 Å². The summed E-state index contributed by atoms with van der Waals surface area (Å²) >= 11 is 0. The van der Waals surface area contributed by atoms with Gasteiger partial charge in [-0.1, -0.05) is 0 Å². The first-order valence-electron chi connectivity index (χ1n) is 9.19. The number of aliphatic hydroxyl groups excluding tert-OH is 1. The second-order valence-electron chi connectivity index (χ2n) is 6.84. The summed E-state index contributed by atoms with van der Waals surface area (Å²) in [4.78, 5) is 65.5. The highest BCUT2D eigenvalue weighted by molar-refractivity contribution is 5.94. The molecular weight excluding hydrogens is 416 g/mol. The number of rotatable bonds is 12. The van der Waals surface area contributed by atoms with E-state index in [0.29, 0.717) is 5.69 Å². The van der Waals surface area contributed by atoms with E-state index in [0.717, 1.165) is 0 Å². The molecule has 0 saturated heterocycles. The van der Waals surface area contributed by atoms with Crippen LogP contribution in [0.5, 0.6) is 0 Å². The molecule has 0 saturated carbocycles. The van der Waals surface area contributed by atoms with Crippen LogP contribution in [-0.4, -0.2) is 85.2 Å². The molecule has 31 heavy (non-hydrogen) atoms. The van der Waals surface area contributed by atoms with Gasteiger partial charge in [-0.3, -0.25) is 19.2 Å². The van der Waals surface area contributed by atoms with Gasteiger partial charge in [0.2, 0.25) is 17.7 Å². The number of carbonyl (C=O) groups excluding carboxylic acids is 3. The molecule has 5 atom stereocenters. The molecule has 0 aromatic carbocycles. The van der Waals surface area contributed by atoms with E-state index in [-0.39, 0.29) is 6.42 Å². The van der Waals surface area contributed by atoms with Gasteiger partial charge in [-0.15, -0.1) is 0 Å². The average Bonchev–Trinajstić information content (AvgIpc) is 3.18. The standard InChI is InChI=1S/C17H26N6O8/c1-7(21-16(29)13(18)8(2)24)14(27)22-10(3-9-5-19-6-20-9)15(28)23-11(17(30)31)4-12(25)26/h5-8,10-11,13,24H,3-4,18H2,1-2H3,(H,19,20)(H,21,29)(H,22,27)(H,23,28)(H,25,26)(H,30,31). The summed E-state index contributed by atoms with van der Waals surface area (Å²) in [6, 6.07) is -5.45. The Morgan fingerprint density at radius 1 is 1.03 bits per heavy atom. The summed E-state index contributed by atoms with van der Waals surface area (Å²) in [5.41, 5.74) is 5.93. The molecule has 0 aliphatic rings. The minimum absolute atomic E-state index is 0.120. The molecule has 14 nitrogen and oxygen atoms in total. The zero-order valence-electron chi connectivity index (χ0n) is 16.9. The second-order valence-corrected chi connectivity index (χ2v) is 6.84. The number of aliphatic carboxylic acids is 2. The number of carboxylic acid groups (broad SMARTS) is 2. The van der Waals surface area contributed by atoms with Crippen LogP contribution in [0.1, 0.15) is 26.0 Å². The summed E-state index contributed by atoms with van der Waals surface area (Å²) in [6.07, 6.45) is 0.568. The molecule has 1 aromatic rings. The van der Waals surface area contributed by atoms with Crippen molar-refractivity contribution in [3.05, 3.63) is 18.2 Å². The minimum Gasteiger partial charge on any atom is -0.481 e. The maximum Gasteiger partial charge on any atom is 0.326 e. The molecule has 0 aliphatic heterocycles. The number of aliphatic hydroxyl groups is 1. The fourth-order valence-electron chi connectivity index (χ4n) is 2.36. The second kappa shape index (κ2) is 11.6. The topological polar surface area (TPSA) is 237 Å². The van der Waals surface area contributed by atoms with E-state index in [9.17, 15) is 29.1 Å². The predicted octanol–water partition coefficient (Wildman–Crippen LogP) is -3.31. The van der Waals surface area contributed by atoms with E-state index in [2.05, 4.69) is 25.9 Å². The highest BCUT2D eigenvalue weighted by Crippen LogP contribution is 2.02. The SMILES string of the molecule is CC(NC(=O)C(N)C(C)O)C(=O)NC(Cc1cnc[nH]1)C(=O)NC(CC(=O)O)C(=O)O. The Kier molecular flexibility index (Phi) is 9.56. The zero-order chi connectivity index (χ0) is 23.7. The number of nitrogens with zero attached hydrogens (tertiary/aromatic N) is 1. The first kappa shape index (κ1) is 25.5. The molecule has 1 rings (SSSR count). The Hall–Kier alpha value is -3.52. The van der Waals surface area contributed by atoms with Crippen LogP contribution in [0, 0.1) is 0 Å². The van der Waals surface area contributed by atoms with Gasteiger partial charge in [-0.2, -0.15) is 0 Å². The van der Waals surface area contributed by atoms with Crippen molar-refractivity contribution in [2.24, 2.45) is 5.73 Å². The quantitative estimate of drug-likeness (QED) is 0.160. The van der Waals surface area contributed by atoms with E-state index in [1.807, 2.05) is 0 Å². The number of nitrogens with two attached hydrogens (primary N) is 1. The third kappa shape index (κ3) is 8.39. The molecule has 1 aromatic heterocycles. The molecule has 1 heterocycles. The van der Waals surface area contributed by atoms with Gasteiger partial charge >= 0.3 is 11.9 Å².